The highest BCUT2D eigenvalue weighted by molar-refractivity contribution is 6.14. The van der Waals surface area contributed by atoms with E-state index in [0.717, 1.165) is 17.8 Å². The van der Waals surface area contributed by atoms with E-state index >= 15 is 0 Å². The summed E-state index contributed by atoms with van der Waals surface area (Å²) in [4.78, 5) is 2.36. The van der Waals surface area contributed by atoms with Gasteiger partial charge in [0.2, 0.25) is 0 Å². The van der Waals surface area contributed by atoms with Crippen LogP contribution in [0.5, 0.6) is 0 Å². The molecular formula is C45H41N. The number of hydrogen-bond donors (Lipinski definition) is 0. The molecule has 0 aromatic heterocycles. The lowest BCUT2D eigenvalue weighted by molar-refractivity contribution is 1.29. The van der Waals surface area contributed by atoms with Gasteiger partial charge in [0.1, 0.15) is 0 Å². The molecule has 0 N–H and O–H groups in total. The smallest absolute Gasteiger partial charge is 0.0546 e. The number of fused-ring (bicyclic) bond motifs is 5. The number of para-hydroxylation sites is 1. The maximum absolute atomic E-state index is 2.36. The third-order valence-corrected chi connectivity index (χ3v) is 8.54. The van der Waals surface area contributed by atoms with Gasteiger partial charge in [-0.05, 0) is 100 Å². The zero-order valence-electron chi connectivity index (χ0n) is 27.2. The maximum Gasteiger partial charge on any atom is 0.0546 e. The minimum atomic E-state index is 1.03. The van der Waals surface area contributed by atoms with Crippen LogP contribution < -0.4 is 4.90 Å². The number of benzene rings is 7. The largest absolute Gasteiger partial charge is 0.310 e. The number of aryl methyl sites for hydroxylation is 2. The highest BCUT2D eigenvalue weighted by Crippen LogP contribution is 2.41. The number of rotatable bonds is 3. The summed E-state index contributed by atoms with van der Waals surface area (Å²) in [6.45, 7) is 8.34. The molecule has 1 aliphatic rings. The lowest BCUT2D eigenvalue weighted by Crippen LogP contribution is -2.10. The molecule has 46 heavy (non-hydrogen) atoms. The van der Waals surface area contributed by atoms with Gasteiger partial charge in [-0.25, -0.2) is 0 Å². The van der Waals surface area contributed by atoms with E-state index in [1.165, 1.54) is 60.3 Å². The van der Waals surface area contributed by atoms with Crippen molar-refractivity contribution >= 4 is 61.5 Å². The summed E-state index contributed by atoms with van der Waals surface area (Å²) < 4.78 is 0. The molecule has 226 valence electrons. The molecular weight excluding hydrogens is 555 g/mol. The standard InChI is InChI=1S/C27H21N.C16H14.C2H6/c1-20-15-17-23(18-16-20)28(22-10-3-2-4-11-22)27-19-21-9-5-6-12-24(21)25-13-7-8-14-26(25)27;1-12-15-9-4-2-3-7-13(15)11-14-8-5-6-10-16(12)14;1-2/h2-19H,1H3;3-11H,2H2,1H3;1-2H3. The summed E-state index contributed by atoms with van der Waals surface area (Å²) in [5, 5.41) is 7.78. The van der Waals surface area contributed by atoms with Crippen molar-refractivity contribution in [2.75, 3.05) is 4.90 Å². The second-order valence-corrected chi connectivity index (χ2v) is 11.4. The molecule has 0 aliphatic heterocycles. The Labute approximate surface area is 273 Å². The van der Waals surface area contributed by atoms with Crippen molar-refractivity contribution in [3.63, 3.8) is 0 Å². The minimum absolute atomic E-state index is 1.03. The normalized spacial score (nSPS) is 11.7. The fourth-order valence-electron chi connectivity index (χ4n) is 6.31. The minimum Gasteiger partial charge on any atom is -0.310 e. The SMILES string of the molecule is CC.Cc1c2c(cc3ccccc13)C=CCC=C2.Cc1ccc(N(c2ccccc2)c2cc3ccccc3c3ccccc23)cc1. The first-order chi connectivity index (χ1) is 22.7. The highest BCUT2D eigenvalue weighted by Gasteiger charge is 2.16. The Kier molecular flexibility index (Phi) is 9.41. The summed E-state index contributed by atoms with van der Waals surface area (Å²) in [6, 6.07) is 49.9. The van der Waals surface area contributed by atoms with Crippen LogP contribution in [0.4, 0.5) is 17.1 Å². The van der Waals surface area contributed by atoms with E-state index in [1.54, 1.807) is 0 Å². The number of hydrogen-bond acceptors (Lipinski definition) is 1. The van der Waals surface area contributed by atoms with Gasteiger partial charge >= 0.3 is 0 Å². The summed E-state index contributed by atoms with van der Waals surface area (Å²) in [5.74, 6) is 0. The maximum atomic E-state index is 2.36. The number of allylic oxidation sites excluding steroid dienone is 2. The van der Waals surface area contributed by atoms with Gasteiger partial charge in [-0.3, -0.25) is 0 Å². The molecule has 1 nitrogen and oxygen atoms in total. The van der Waals surface area contributed by atoms with E-state index in [-0.39, 0.29) is 0 Å². The van der Waals surface area contributed by atoms with Crippen LogP contribution in [0, 0.1) is 13.8 Å². The van der Waals surface area contributed by atoms with E-state index in [2.05, 4.69) is 183 Å². The molecule has 0 amide bonds. The Morgan fingerprint density at radius 3 is 1.74 bits per heavy atom. The van der Waals surface area contributed by atoms with Crippen molar-refractivity contribution in [3.05, 3.63) is 174 Å². The van der Waals surface area contributed by atoms with Crippen molar-refractivity contribution in [1.29, 1.82) is 0 Å². The van der Waals surface area contributed by atoms with Crippen LogP contribution in [0.15, 0.2) is 152 Å². The molecule has 8 rings (SSSR count). The van der Waals surface area contributed by atoms with E-state index < -0.39 is 0 Å². The molecule has 0 fully saturated rings. The first-order valence-corrected chi connectivity index (χ1v) is 16.4. The second kappa shape index (κ2) is 14.1. The van der Waals surface area contributed by atoms with Gasteiger partial charge in [0.05, 0.1) is 5.69 Å². The molecule has 1 heteroatoms. The van der Waals surface area contributed by atoms with Crippen LogP contribution in [0.2, 0.25) is 0 Å². The van der Waals surface area contributed by atoms with Crippen LogP contribution in [-0.2, 0) is 0 Å². The van der Waals surface area contributed by atoms with E-state index in [0.29, 0.717) is 0 Å². The van der Waals surface area contributed by atoms with Crippen LogP contribution in [0.1, 0.15) is 42.5 Å². The van der Waals surface area contributed by atoms with Gasteiger partial charge in [0.25, 0.3) is 0 Å². The first kappa shape index (κ1) is 30.6. The van der Waals surface area contributed by atoms with Crippen molar-refractivity contribution in [2.24, 2.45) is 0 Å². The second-order valence-electron chi connectivity index (χ2n) is 11.4. The molecule has 0 unspecified atom stereocenters. The zero-order valence-corrected chi connectivity index (χ0v) is 27.2. The van der Waals surface area contributed by atoms with Crippen molar-refractivity contribution < 1.29 is 0 Å². The van der Waals surface area contributed by atoms with Gasteiger partial charge in [0, 0.05) is 16.8 Å². The molecule has 0 atom stereocenters. The monoisotopic (exact) mass is 595 g/mol. The Morgan fingerprint density at radius 1 is 0.478 bits per heavy atom. The average Bonchev–Trinajstić information content (AvgIpc) is 3.37. The third-order valence-electron chi connectivity index (χ3n) is 8.54. The Morgan fingerprint density at radius 2 is 1.02 bits per heavy atom. The fraction of sp³-hybridized carbons (Fsp3) is 0.111. The van der Waals surface area contributed by atoms with Gasteiger partial charge < -0.3 is 4.90 Å². The zero-order chi connectivity index (χ0) is 31.9. The molecule has 0 saturated carbocycles. The highest BCUT2D eigenvalue weighted by atomic mass is 15.1. The van der Waals surface area contributed by atoms with E-state index in [4.69, 9.17) is 0 Å². The van der Waals surface area contributed by atoms with Gasteiger partial charge in [-0.2, -0.15) is 0 Å². The molecule has 1 aliphatic carbocycles. The van der Waals surface area contributed by atoms with Crippen molar-refractivity contribution in [3.8, 4) is 0 Å². The molecule has 0 radical (unpaired) electrons. The molecule has 0 saturated heterocycles. The van der Waals surface area contributed by atoms with Gasteiger partial charge in [0.15, 0.2) is 0 Å². The lowest BCUT2D eigenvalue weighted by atomic mass is 9.95. The summed E-state index contributed by atoms with van der Waals surface area (Å²) in [7, 11) is 0. The summed E-state index contributed by atoms with van der Waals surface area (Å²) >= 11 is 0. The topological polar surface area (TPSA) is 3.24 Å². The molecule has 0 heterocycles. The average molecular weight is 596 g/mol. The van der Waals surface area contributed by atoms with Gasteiger partial charge in [-0.1, -0.05) is 147 Å². The Bertz CT molecular complexity index is 2150. The van der Waals surface area contributed by atoms with Crippen LogP contribution in [-0.4, -0.2) is 0 Å². The summed E-state index contributed by atoms with van der Waals surface area (Å²) in [5.41, 5.74) is 8.88. The van der Waals surface area contributed by atoms with Crippen LogP contribution >= 0.6 is 0 Å². The first-order valence-electron chi connectivity index (χ1n) is 16.4. The summed E-state index contributed by atoms with van der Waals surface area (Å²) in [6.07, 6.45) is 9.96. The van der Waals surface area contributed by atoms with Gasteiger partial charge in [-0.15, -0.1) is 0 Å². The Hall–Kier alpha value is -5.40. The lowest BCUT2D eigenvalue weighted by Gasteiger charge is -2.27. The van der Waals surface area contributed by atoms with E-state index in [9.17, 15) is 0 Å². The number of anilines is 3. The molecule has 7 aromatic rings. The van der Waals surface area contributed by atoms with Crippen LogP contribution in [0.3, 0.4) is 0 Å². The molecule has 7 aromatic carbocycles. The Balaban J connectivity index is 0.000000175. The third kappa shape index (κ3) is 6.23. The van der Waals surface area contributed by atoms with Crippen molar-refractivity contribution in [1.82, 2.24) is 0 Å². The van der Waals surface area contributed by atoms with E-state index in [1.807, 2.05) is 13.8 Å². The fourth-order valence-corrected chi connectivity index (χ4v) is 6.31. The molecule has 0 spiro atoms. The predicted molar refractivity (Wildman–Crippen MR) is 204 cm³/mol. The van der Waals surface area contributed by atoms with Crippen molar-refractivity contribution in [2.45, 2.75) is 34.1 Å². The van der Waals surface area contributed by atoms with Crippen LogP contribution in [0.25, 0.3) is 44.5 Å². The number of nitrogens with zero attached hydrogens (tertiary/aromatic N) is 1. The predicted octanol–water partition coefficient (Wildman–Crippen LogP) is 13.4. The molecule has 0 bridgehead atoms. The quantitative estimate of drug-likeness (QED) is 0.184.